The number of nitrogens with zero attached hydrogens (tertiary/aromatic N) is 1. The van der Waals surface area contributed by atoms with Crippen molar-refractivity contribution in [3.8, 4) is 0 Å². The topological polar surface area (TPSA) is 134 Å². The molecule has 0 saturated carbocycles. The molecule has 0 aromatic carbocycles. The minimum atomic E-state index is -0.663. The zero-order valence-corrected chi connectivity index (χ0v) is 10.2. The predicted molar refractivity (Wildman–Crippen MR) is 69.1 cm³/mol. The lowest BCUT2D eigenvalue weighted by molar-refractivity contribution is 0.0950. The number of hydrogen-bond acceptors (Lipinski definition) is 5. The van der Waals surface area contributed by atoms with E-state index in [-0.39, 0.29) is 16.7 Å². The van der Waals surface area contributed by atoms with Gasteiger partial charge in [0.15, 0.2) is 0 Å². The van der Waals surface area contributed by atoms with Gasteiger partial charge in [-0.1, -0.05) is 0 Å². The Labute approximate surface area is 107 Å². The van der Waals surface area contributed by atoms with Crippen molar-refractivity contribution in [3.05, 3.63) is 38.2 Å². The van der Waals surface area contributed by atoms with E-state index in [1.165, 1.54) is 6.07 Å². The normalized spacial score (nSPS) is 10.6. The number of nitrogens with one attached hydrogen (secondary N) is 3. The van der Waals surface area contributed by atoms with Gasteiger partial charge in [-0.3, -0.25) is 19.6 Å². The van der Waals surface area contributed by atoms with Crippen LogP contribution >= 0.6 is 0 Å². The number of aryl methyl sites for hydroxylation is 1. The summed E-state index contributed by atoms with van der Waals surface area (Å²) >= 11 is 0. The van der Waals surface area contributed by atoms with Crippen molar-refractivity contribution in [3.63, 3.8) is 0 Å². The molecule has 0 radical (unpaired) electrons. The molecule has 0 aliphatic heterocycles. The zero-order chi connectivity index (χ0) is 14.0. The molecule has 2 rings (SSSR count). The number of H-pyrrole nitrogens is 2. The lowest BCUT2D eigenvalue weighted by atomic mass is 10.1. The van der Waals surface area contributed by atoms with Gasteiger partial charge in [0.1, 0.15) is 11.3 Å². The molecule has 0 aliphatic rings. The molecule has 0 bridgehead atoms. The lowest BCUT2D eigenvalue weighted by Crippen LogP contribution is -2.30. The second kappa shape index (κ2) is 5.02. The Hall–Kier alpha value is -2.48. The third-order valence-electron chi connectivity index (χ3n) is 2.57. The molecule has 0 aliphatic carbocycles. The smallest absolute Gasteiger partial charge is 0.327 e. The van der Waals surface area contributed by atoms with Crippen LogP contribution in [-0.4, -0.2) is 33.9 Å². The number of aromatic amines is 2. The number of fused-ring (bicyclic) bond motifs is 1. The van der Waals surface area contributed by atoms with Gasteiger partial charge in [0.25, 0.3) is 11.5 Å². The SMILES string of the molecule is Cc1cc(C(=O)NCCN)nc2[nH]c(=O)[nH]c(=O)c12. The van der Waals surface area contributed by atoms with Gasteiger partial charge in [0.2, 0.25) is 0 Å². The molecule has 2 aromatic rings. The summed E-state index contributed by atoms with van der Waals surface area (Å²) in [6, 6.07) is 1.49. The van der Waals surface area contributed by atoms with E-state index in [9.17, 15) is 14.4 Å². The number of carbonyl (C=O) groups is 1. The van der Waals surface area contributed by atoms with Crippen LogP contribution in [0.15, 0.2) is 15.7 Å². The monoisotopic (exact) mass is 263 g/mol. The summed E-state index contributed by atoms with van der Waals surface area (Å²) < 4.78 is 0. The molecule has 1 amide bonds. The Morgan fingerprint density at radius 2 is 2.16 bits per heavy atom. The van der Waals surface area contributed by atoms with Crippen LogP contribution in [0.4, 0.5) is 0 Å². The van der Waals surface area contributed by atoms with Crippen LogP contribution in [0.2, 0.25) is 0 Å². The summed E-state index contributed by atoms with van der Waals surface area (Å²) in [5.74, 6) is -0.406. The number of aromatic nitrogens is 3. The van der Waals surface area contributed by atoms with Crippen LogP contribution in [0.5, 0.6) is 0 Å². The molecule has 2 aromatic heterocycles. The third kappa shape index (κ3) is 2.52. The van der Waals surface area contributed by atoms with Gasteiger partial charge >= 0.3 is 5.69 Å². The predicted octanol–water partition coefficient (Wildman–Crippen LogP) is -1.39. The first-order chi connectivity index (χ1) is 9.02. The largest absolute Gasteiger partial charge is 0.349 e. The summed E-state index contributed by atoms with van der Waals surface area (Å²) in [6.45, 7) is 2.30. The third-order valence-corrected chi connectivity index (χ3v) is 2.57. The lowest BCUT2D eigenvalue weighted by Gasteiger charge is -2.06. The highest BCUT2D eigenvalue weighted by Crippen LogP contribution is 2.10. The molecule has 5 N–H and O–H groups in total. The van der Waals surface area contributed by atoms with Gasteiger partial charge < -0.3 is 11.1 Å². The molecule has 0 fully saturated rings. The first kappa shape index (κ1) is 13.0. The number of amides is 1. The molecule has 100 valence electrons. The Balaban J connectivity index is 2.58. The fourth-order valence-corrected chi connectivity index (χ4v) is 1.75. The zero-order valence-electron chi connectivity index (χ0n) is 10.2. The Morgan fingerprint density at radius 1 is 1.42 bits per heavy atom. The van der Waals surface area contributed by atoms with Gasteiger partial charge in [-0.15, -0.1) is 0 Å². The summed E-state index contributed by atoms with van der Waals surface area (Å²) in [7, 11) is 0. The minimum Gasteiger partial charge on any atom is -0.349 e. The first-order valence-electron chi connectivity index (χ1n) is 5.65. The maximum Gasteiger partial charge on any atom is 0.327 e. The average molecular weight is 263 g/mol. The Kier molecular flexibility index (Phi) is 3.43. The summed E-state index contributed by atoms with van der Waals surface area (Å²) in [6.07, 6.45) is 0. The van der Waals surface area contributed by atoms with E-state index < -0.39 is 17.2 Å². The molecule has 0 atom stereocenters. The van der Waals surface area contributed by atoms with Crippen molar-refractivity contribution in [2.45, 2.75) is 6.92 Å². The minimum absolute atomic E-state index is 0.0895. The Morgan fingerprint density at radius 3 is 2.84 bits per heavy atom. The first-order valence-corrected chi connectivity index (χ1v) is 5.65. The molecule has 2 heterocycles. The van der Waals surface area contributed by atoms with E-state index in [0.717, 1.165) is 0 Å². The summed E-state index contributed by atoms with van der Waals surface area (Å²) in [4.78, 5) is 43.1. The van der Waals surface area contributed by atoms with Crippen molar-refractivity contribution in [2.24, 2.45) is 5.73 Å². The van der Waals surface area contributed by atoms with Crippen LogP contribution in [0.1, 0.15) is 16.1 Å². The number of pyridine rings is 1. The standard InChI is InChI=1S/C11H13N5O3/c1-5-4-6(9(17)13-3-2-12)14-8-7(5)10(18)16-11(19)15-8/h4H,2-3,12H2,1H3,(H,13,17)(H2,14,15,16,18,19). The van der Waals surface area contributed by atoms with Crippen LogP contribution < -0.4 is 22.3 Å². The molecular weight excluding hydrogens is 250 g/mol. The molecular formula is C11H13N5O3. The fourth-order valence-electron chi connectivity index (χ4n) is 1.75. The number of hydrogen-bond donors (Lipinski definition) is 4. The van der Waals surface area contributed by atoms with Gasteiger partial charge in [-0.05, 0) is 18.6 Å². The van der Waals surface area contributed by atoms with E-state index in [2.05, 4.69) is 20.3 Å². The van der Waals surface area contributed by atoms with Gasteiger partial charge in [-0.2, -0.15) is 0 Å². The van der Waals surface area contributed by atoms with Crippen molar-refractivity contribution < 1.29 is 4.79 Å². The number of rotatable bonds is 3. The molecule has 0 saturated heterocycles. The van der Waals surface area contributed by atoms with Crippen LogP contribution in [0, 0.1) is 6.92 Å². The maximum absolute atomic E-state index is 11.8. The fraction of sp³-hybridized carbons (Fsp3) is 0.273. The van der Waals surface area contributed by atoms with Crippen LogP contribution in [0.3, 0.4) is 0 Å². The van der Waals surface area contributed by atoms with Gasteiger partial charge in [0, 0.05) is 13.1 Å². The summed E-state index contributed by atoms with van der Waals surface area (Å²) in [5, 5.41) is 2.82. The summed E-state index contributed by atoms with van der Waals surface area (Å²) in [5.41, 5.74) is 4.86. The Bertz CT molecular complexity index is 746. The van der Waals surface area contributed by atoms with E-state index in [4.69, 9.17) is 5.73 Å². The van der Waals surface area contributed by atoms with Crippen molar-refractivity contribution in [1.82, 2.24) is 20.3 Å². The molecule has 8 heteroatoms. The molecule has 19 heavy (non-hydrogen) atoms. The van der Waals surface area contributed by atoms with Crippen LogP contribution in [-0.2, 0) is 0 Å². The second-order valence-electron chi connectivity index (χ2n) is 4.00. The highest BCUT2D eigenvalue weighted by molar-refractivity contribution is 5.95. The van der Waals surface area contributed by atoms with E-state index in [1.54, 1.807) is 6.92 Å². The molecule has 8 nitrogen and oxygen atoms in total. The average Bonchev–Trinajstić information content (AvgIpc) is 2.34. The number of nitrogens with two attached hydrogens (primary N) is 1. The highest BCUT2D eigenvalue weighted by atomic mass is 16.2. The molecule has 0 unspecified atom stereocenters. The van der Waals surface area contributed by atoms with Crippen molar-refractivity contribution >= 4 is 16.9 Å². The van der Waals surface area contributed by atoms with Gasteiger partial charge in [0.05, 0.1) is 5.39 Å². The van der Waals surface area contributed by atoms with Crippen molar-refractivity contribution in [1.29, 1.82) is 0 Å². The molecule has 0 spiro atoms. The van der Waals surface area contributed by atoms with E-state index in [1.807, 2.05) is 0 Å². The second-order valence-corrected chi connectivity index (χ2v) is 4.00. The van der Waals surface area contributed by atoms with Crippen molar-refractivity contribution in [2.75, 3.05) is 13.1 Å². The van der Waals surface area contributed by atoms with Crippen LogP contribution in [0.25, 0.3) is 11.0 Å². The number of carbonyl (C=O) groups excluding carboxylic acids is 1. The van der Waals surface area contributed by atoms with Gasteiger partial charge in [-0.25, -0.2) is 9.78 Å². The van der Waals surface area contributed by atoms with E-state index >= 15 is 0 Å². The maximum atomic E-state index is 11.8. The van der Waals surface area contributed by atoms with E-state index in [0.29, 0.717) is 18.7 Å². The highest BCUT2D eigenvalue weighted by Gasteiger charge is 2.12. The quantitative estimate of drug-likeness (QED) is 0.541.